The Morgan fingerprint density at radius 3 is 2.59 bits per heavy atom. The fourth-order valence-electron chi connectivity index (χ4n) is 4.09. The van der Waals surface area contributed by atoms with E-state index in [4.69, 9.17) is 18.9 Å². The van der Waals surface area contributed by atoms with Crippen LogP contribution in [0.2, 0.25) is 0 Å². The Kier molecular flexibility index (Phi) is 9.01. The first-order chi connectivity index (χ1) is 21.0. The molecule has 0 aliphatic rings. The highest BCUT2D eigenvalue weighted by atomic mass is 32.1. The van der Waals surface area contributed by atoms with Crippen molar-refractivity contribution in [3.8, 4) is 28.2 Å². The van der Waals surface area contributed by atoms with Crippen molar-refractivity contribution in [2.75, 3.05) is 25.6 Å². The second-order valence-electron chi connectivity index (χ2n) is 10.7. The number of anilines is 1. The zero-order valence-electron chi connectivity index (χ0n) is 24.8. The van der Waals surface area contributed by atoms with Crippen LogP contribution in [0.1, 0.15) is 32.8 Å². The Balaban J connectivity index is 1.20. The van der Waals surface area contributed by atoms with Gasteiger partial charge in [0, 0.05) is 24.1 Å². The van der Waals surface area contributed by atoms with Crippen molar-refractivity contribution in [2.45, 2.75) is 45.8 Å². The molecule has 14 heteroatoms. The van der Waals surface area contributed by atoms with Gasteiger partial charge in [0.05, 0.1) is 64.8 Å². The van der Waals surface area contributed by atoms with Gasteiger partial charge in [0.15, 0.2) is 11.6 Å². The SMILES string of the molecule is COc1cnc2c(-c3nc4cc(F)c(OC(C)COC(=O)Nc5cnc(OCCC(C)(C)O)nc5)cc4s3)cc(C)cc2n1. The number of amides is 1. The molecule has 1 atom stereocenters. The predicted molar refractivity (Wildman–Crippen MR) is 163 cm³/mol. The number of aliphatic hydroxyl groups is 1. The molecule has 0 saturated heterocycles. The number of hydrogen-bond acceptors (Lipinski definition) is 12. The molecule has 0 aliphatic heterocycles. The molecule has 3 aromatic heterocycles. The molecular formula is C30H31FN6O6S. The number of carbonyl (C=O) groups excluding carboxylic acids is 1. The summed E-state index contributed by atoms with van der Waals surface area (Å²) >= 11 is 1.38. The quantitative estimate of drug-likeness (QED) is 0.186. The molecule has 2 N–H and O–H groups in total. The number of aryl methyl sites for hydroxylation is 1. The number of nitrogens with one attached hydrogen (secondary N) is 1. The van der Waals surface area contributed by atoms with Gasteiger partial charge in [0.1, 0.15) is 17.7 Å². The third-order valence-electron chi connectivity index (χ3n) is 6.25. The van der Waals surface area contributed by atoms with Crippen LogP contribution in [0.15, 0.2) is 42.9 Å². The summed E-state index contributed by atoms with van der Waals surface area (Å²) in [5, 5.41) is 12.9. The molecule has 0 bridgehead atoms. The number of rotatable bonds is 11. The van der Waals surface area contributed by atoms with Gasteiger partial charge in [0.2, 0.25) is 5.88 Å². The van der Waals surface area contributed by atoms with E-state index in [0.29, 0.717) is 44.2 Å². The summed E-state index contributed by atoms with van der Waals surface area (Å²) in [6, 6.07) is 6.89. The maximum absolute atomic E-state index is 15.0. The molecule has 12 nitrogen and oxygen atoms in total. The Hall–Kier alpha value is -4.69. The summed E-state index contributed by atoms with van der Waals surface area (Å²) in [5.41, 5.74) is 2.99. The molecule has 2 aromatic carbocycles. The second-order valence-corrected chi connectivity index (χ2v) is 11.7. The van der Waals surface area contributed by atoms with Gasteiger partial charge < -0.3 is 24.1 Å². The van der Waals surface area contributed by atoms with Gasteiger partial charge in [-0.05, 0) is 45.4 Å². The van der Waals surface area contributed by atoms with E-state index < -0.39 is 23.6 Å². The van der Waals surface area contributed by atoms with Crippen LogP contribution in [0.5, 0.6) is 17.6 Å². The van der Waals surface area contributed by atoms with Crippen molar-refractivity contribution in [3.63, 3.8) is 0 Å². The van der Waals surface area contributed by atoms with E-state index in [0.717, 1.165) is 11.1 Å². The van der Waals surface area contributed by atoms with Crippen molar-refractivity contribution >= 4 is 44.4 Å². The Labute approximate surface area is 256 Å². The van der Waals surface area contributed by atoms with Crippen LogP contribution in [0, 0.1) is 12.7 Å². The molecule has 230 valence electrons. The highest BCUT2D eigenvalue weighted by Crippen LogP contribution is 2.37. The average Bonchev–Trinajstić information content (AvgIpc) is 3.38. The summed E-state index contributed by atoms with van der Waals surface area (Å²) in [4.78, 5) is 33.9. The van der Waals surface area contributed by atoms with E-state index in [1.807, 2.05) is 19.1 Å². The largest absolute Gasteiger partial charge is 0.484 e. The van der Waals surface area contributed by atoms with Crippen LogP contribution < -0.4 is 19.5 Å². The van der Waals surface area contributed by atoms with Gasteiger partial charge in [-0.1, -0.05) is 0 Å². The van der Waals surface area contributed by atoms with Crippen molar-refractivity contribution in [1.82, 2.24) is 24.9 Å². The van der Waals surface area contributed by atoms with Crippen molar-refractivity contribution in [1.29, 1.82) is 0 Å². The van der Waals surface area contributed by atoms with Crippen LogP contribution in [0.25, 0.3) is 31.8 Å². The molecule has 3 heterocycles. The number of thiazole rings is 1. The third kappa shape index (κ3) is 7.63. The van der Waals surface area contributed by atoms with Crippen molar-refractivity contribution in [3.05, 3.63) is 54.2 Å². The van der Waals surface area contributed by atoms with Crippen LogP contribution in [0.3, 0.4) is 0 Å². The third-order valence-corrected chi connectivity index (χ3v) is 7.30. The van der Waals surface area contributed by atoms with Crippen molar-refractivity contribution < 1.29 is 33.2 Å². The summed E-state index contributed by atoms with van der Waals surface area (Å²) in [7, 11) is 1.53. The zero-order valence-corrected chi connectivity index (χ0v) is 25.6. The maximum Gasteiger partial charge on any atom is 0.411 e. The van der Waals surface area contributed by atoms with Gasteiger partial charge in [-0.25, -0.2) is 34.1 Å². The number of aromatic nitrogens is 5. The Morgan fingerprint density at radius 1 is 1.09 bits per heavy atom. The number of halogens is 1. The molecule has 5 aromatic rings. The van der Waals surface area contributed by atoms with E-state index in [2.05, 4.69) is 30.2 Å². The van der Waals surface area contributed by atoms with Gasteiger partial charge in [0.25, 0.3) is 0 Å². The lowest BCUT2D eigenvalue weighted by Crippen LogP contribution is -2.24. The lowest BCUT2D eigenvalue weighted by atomic mass is 10.1. The summed E-state index contributed by atoms with van der Waals surface area (Å²) in [6.07, 6.45) is 3.27. The molecule has 5 rings (SSSR count). The molecule has 1 unspecified atom stereocenters. The molecule has 0 radical (unpaired) electrons. The highest BCUT2D eigenvalue weighted by molar-refractivity contribution is 7.21. The predicted octanol–water partition coefficient (Wildman–Crippen LogP) is 5.71. The standard InChI is InChI=1S/C30H31FN6O6S/c1-16-8-19(26-22(9-16)36-25(40-5)14-32-26)27-37-21-10-20(31)23(11-24(21)44-27)43-17(2)15-42-29(38)35-18-12-33-28(34-13-18)41-7-6-30(3,4)39/h8-14,17,39H,6-7,15H2,1-5H3,(H,35,38). The normalized spacial score (nSPS) is 12.2. The minimum Gasteiger partial charge on any atom is -0.484 e. The molecule has 0 saturated carbocycles. The Bertz CT molecular complexity index is 1790. The summed E-state index contributed by atoms with van der Waals surface area (Å²) in [5.74, 6) is -0.172. The first-order valence-electron chi connectivity index (χ1n) is 13.7. The van der Waals surface area contributed by atoms with Gasteiger partial charge >= 0.3 is 12.1 Å². The van der Waals surface area contributed by atoms with Gasteiger partial charge in [-0.15, -0.1) is 11.3 Å². The number of carbonyl (C=O) groups is 1. The van der Waals surface area contributed by atoms with E-state index >= 15 is 0 Å². The lowest BCUT2D eigenvalue weighted by molar-refractivity contribution is 0.0539. The summed E-state index contributed by atoms with van der Waals surface area (Å²) in [6.45, 7) is 7.06. The molecule has 1 amide bonds. The number of ether oxygens (including phenoxy) is 4. The minimum atomic E-state index is -0.863. The van der Waals surface area contributed by atoms with Crippen LogP contribution in [-0.2, 0) is 4.74 Å². The highest BCUT2D eigenvalue weighted by Gasteiger charge is 2.18. The summed E-state index contributed by atoms with van der Waals surface area (Å²) < 4.78 is 37.3. The van der Waals surface area contributed by atoms with Crippen LogP contribution in [-0.4, -0.2) is 68.1 Å². The fourth-order valence-corrected chi connectivity index (χ4v) is 5.08. The number of methoxy groups -OCH3 is 1. The molecule has 0 spiro atoms. The molecule has 0 fully saturated rings. The van der Waals surface area contributed by atoms with Crippen molar-refractivity contribution in [2.24, 2.45) is 0 Å². The second kappa shape index (κ2) is 12.9. The number of nitrogens with zero attached hydrogens (tertiary/aromatic N) is 5. The first kappa shape index (κ1) is 30.8. The zero-order chi connectivity index (χ0) is 31.4. The van der Waals surface area contributed by atoms with Gasteiger partial charge in [-0.2, -0.15) is 0 Å². The van der Waals surface area contributed by atoms with E-state index in [9.17, 15) is 14.3 Å². The molecular weight excluding hydrogens is 591 g/mol. The smallest absolute Gasteiger partial charge is 0.411 e. The first-order valence-corrected chi connectivity index (χ1v) is 14.5. The topological polar surface area (TPSA) is 151 Å². The minimum absolute atomic E-state index is 0.0106. The number of fused-ring (bicyclic) bond motifs is 2. The average molecular weight is 623 g/mol. The van der Waals surface area contributed by atoms with E-state index in [1.165, 1.54) is 36.9 Å². The van der Waals surface area contributed by atoms with Crippen LogP contribution in [0.4, 0.5) is 14.9 Å². The van der Waals surface area contributed by atoms with Crippen LogP contribution >= 0.6 is 11.3 Å². The van der Waals surface area contributed by atoms with E-state index in [-0.39, 0.29) is 25.0 Å². The molecule has 44 heavy (non-hydrogen) atoms. The van der Waals surface area contributed by atoms with E-state index in [1.54, 1.807) is 33.0 Å². The molecule has 0 aliphatic carbocycles. The Morgan fingerprint density at radius 2 is 1.86 bits per heavy atom. The number of benzene rings is 2. The number of hydrogen-bond donors (Lipinski definition) is 2. The van der Waals surface area contributed by atoms with Gasteiger partial charge in [-0.3, -0.25) is 5.32 Å². The fraction of sp³-hybridized carbons (Fsp3) is 0.333. The maximum atomic E-state index is 15.0. The monoisotopic (exact) mass is 622 g/mol. The lowest BCUT2D eigenvalue weighted by Gasteiger charge is -2.16.